The summed E-state index contributed by atoms with van der Waals surface area (Å²) in [5, 5.41) is 7.67. The zero-order valence-electron chi connectivity index (χ0n) is 10.4. The average molecular weight is 254 g/mol. The molecule has 1 aromatic rings. The molecule has 1 fully saturated rings. The summed E-state index contributed by atoms with van der Waals surface area (Å²) in [6.07, 6.45) is 0. The zero-order valence-corrected chi connectivity index (χ0v) is 11.2. The molecule has 1 aromatic heterocycles. The normalized spacial score (nSPS) is 25.0. The van der Waals surface area contributed by atoms with Gasteiger partial charge in [-0.25, -0.2) is 0 Å². The number of amides is 1. The smallest absolute Gasteiger partial charge is 0.276 e. The van der Waals surface area contributed by atoms with Crippen LogP contribution in [0.15, 0.2) is 0 Å². The molecule has 2 rings (SSSR count). The summed E-state index contributed by atoms with van der Waals surface area (Å²) < 4.78 is 0. The van der Waals surface area contributed by atoms with Crippen LogP contribution < -0.4 is 5.73 Å². The Morgan fingerprint density at radius 2 is 2.06 bits per heavy atom. The first-order valence-electron chi connectivity index (χ1n) is 5.74. The molecule has 0 radical (unpaired) electrons. The van der Waals surface area contributed by atoms with E-state index in [-0.39, 0.29) is 5.91 Å². The van der Waals surface area contributed by atoms with Gasteiger partial charge in [-0.3, -0.25) is 9.89 Å². The summed E-state index contributed by atoms with van der Waals surface area (Å²) in [6, 6.07) is 0. The van der Waals surface area contributed by atoms with Crippen LogP contribution in [0.4, 0.5) is 5.69 Å². The van der Waals surface area contributed by atoms with Crippen molar-refractivity contribution in [3.63, 3.8) is 0 Å². The SMILES string of the molecule is Cc1[nH]nc(C(=O)N2CC(C)SC(C)C2)c1N. The number of aryl methyl sites for hydroxylation is 1. The Morgan fingerprint density at radius 3 is 2.53 bits per heavy atom. The molecule has 3 N–H and O–H groups in total. The Hall–Kier alpha value is -1.17. The Bertz CT molecular complexity index is 421. The van der Waals surface area contributed by atoms with Crippen LogP contribution in [-0.2, 0) is 0 Å². The van der Waals surface area contributed by atoms with Gasteiger partial charge in [0.05, 0.1) is 11.4 Å². The first kappa shape index (κ1) is 12.3. The molecule has 0 aliphatic carbocycles. The lowest BCUT2D eigenvalue weighted by molar-refractivity contribution is 0.0748. The number of rotatable bonds is 1. The van der Waals surface area contributed by atoms with E-state index in [2.05, 4.69) is 24.0 Å². The summed E-state index contributed by atoms with van der Waals surface area (Å²) >= 11 is 1.91. The number of H-pyrrole nitrogens is 1. The predicted octanol–water partition coefficient (Wildman–Crippen LogP) is 1.27. The van der Waals surface area contributed by atoms with Gasteiger partial charge < -0.3 is 10.6 Å². The number of nitrogens with zero attached hydrogens (tertiary/aromatic N) is 2. The number of carbonyl (C=O) groups excluding carboxylic acids is 1. The van der Waals surface area contributed by atoms with Crippen LogP contribution in [0.5, 0.6) is 0 Å². The summed E-state index contributed by atoms with van der Waals surface area (Å²) in [5.74, 6) is -0.0640. The molecular weight excluding hydrogens is 236 g/mol. The lowest BCUT2D eigenvalue weighted by Gasteiger charge is -2.34. The highest BCUT2D eigenvalue weighted by Crippen LogP contribution is 2.26. The largest absolute Gasteiger partial charge is 0.395 e. The van der Waals surface area contributed by atoms with Crippen molar-refractivity contribution in [2.45, 2.75) is 31.3 Å². The zero-order chi connectivity index (χ0) is 12.6. The van der Waals surface area contributed by atoms with Crippen molar-refractivity contribution in [1.29, 1.82) is 0 Å². The minimum atomic E-state index is -0.0640. The topological polar surface area (TPSA) is 75.0 Å². The first-order chi connectivity index (χ1) is 7.99. The highest BCUT2D eigenvalue weighted by atomic mass is 32.2. The van der Waals surface area contributed by atoms with Gasteiger partial charge in [0.1, 0.15) is 0 Å². The number of hydrogen-bond acceptors (Lipinski definition) is 4. The van der Waals surface area contributed by atoms with Crippen molar-refractivity contribution in [2.75, 3.05) is 18.8 Å². The Labute approximate surface area is 105 Å². The summed E-state index contributed by atoms with van der Waals surface area (Å²) in [6.45, 7) is 7.62. The van der Waals surface area contributed by atoms with Crippen LogP contribution in [-0.4, -0.2) is 44.6 Å². The van der Waals surface area contributed by atoms with Gasteiger partial charge in [-0.2, -0.15) is 16.9 Å². The van der Waals surface area contributed by atoms with Crippen molar-refractivity contribution in [3.8, 4) is 0 Å². The van der Waals surface area contributed by atoms with Crippen molar-refractivity contribution in [2.24, 2.45) is 0 Å². The average Bonchev–Trinajstić information content (AvgIpc) is 2.57. The number of nitrogens with two attached hydrogens (primary N) is 1. The molecule has 2 heterocycles. The number of thioether (sulfide) groups is 1. The fourth-order valence-electron chi connectivity index (χ4n) is 2.09. The molecule has 0 spiro atoms. The highest BCUT2D eigenvalue weighted by Gasteiger charge is 2.29. The Morgan fingerprint density at radius 1 is 1.47 bits per heavy atom. The molecule has 0 aromatic carbocycles. The van der Waals surface area contributed by atoms with E-state index in [1.165, 1.54) is 0 Å². The third-order valence-electron chi connectivity index (χ3n) is 2.90. The van der Waals surface area contributed by atoms with E-state index < -0.39 is 0 Å². The number of carbonyl (C=O) groups is 1. The van der Waals surface area contributed by atoms with Crippen molar-refractivity contribution < 1.29 is 4.79 Å². The van der Waals surface area contributed by atoms with Crippen LogP contribution in [0.3, 0.4) is 0 Å². The van der Waals surface area contributed by atoms with E-state index in [0.29, 0.717) is 21.9 Å². The second-order valence-corrected chi connectivity index (χ2v) is 6.46. The molecule has 6 heteroatoms. The molecule has 2 unspecified atom stereocenters. The van der Waals surface area contributed by atoms with Crippen molar-refractivity contribution in [1.82, 2.24) is 15.1 Å². The molecule has 0 bridgehead atoms. The highest BCUT2D eigenvalue weighted by molar-refractivity contribution is 8.00. The number of nitrogen functional groups attached to an aromatic ring is 1. The fourth-order valence-corrected chi connectivity index (χ4v) is 3.42. The predicted molar refractivity (Wildman–Crippen MR) is 70.2 cm³/mol. The van der Waals surface area contributed by atoms with Crippen LogP contribution in [0.25, 0.3) is 0 Å². The second-order valence-electron chi connectivity index (χ2n) is 4.58. The molecule has 1 aliphatic rings. The molecule has 1 amide bonds. The lowest BCUT2D eigenvalue weighted by Crippen LogP contribution is -2.44. The Balaban J connectivity index is 2.17. The lowest BCUT2D eigenvalue weighted by atomic mass is 10.2. The van der Waals surface area contributed by atoms with E-state index in [4.69, 9.17) is 5.73 Å². The van der Waals surface area contributed by atoms with Crippen LogP contribution in [0.2, 0.25) is 0 Å². The monoisotopic (exact) mass is 254 g/mol. The van der Waals surface area contributed by atoms with Gasteiger partial charge in [0.2, 0.25) is 0 Å². The number of aromatic amines is 1. The molecule has 94 valence electrons. The Kier molecular flexibility index (Phi) is 3.33. The molecule has 1 aliphatic heterocycles. The van der Waals surface area contributed by atoms with Gasteiger partial charge in [0, 0.05) is 23.6 Å². The van der Waals surface area contributed by atoms with Crippen LogP contribution in [0.1, 0.15) is 30.0 Å². The maximum absolute atomic E-state index is 12.3. The van der Waals surface area contributed by atoms with Crippen molar-refractivity contribution >= 4 is 23.4 Å². The van der Waals surface area contributed by atoms with Gasteiger partial charge in [0.25, 0.3) is 5.91 Å². The molecule has 0 saturated carbocycles. The standard InChI is InChI=1S/C11H18N4OS/c1-6-4-15(5-7(2)17-6)11(16)10-9(12)8(3)13-14-10/h6-7H,4-5,12H2,1-3H3,(H,13,14). The maximum atomic E-state index is 12.3. The van der Waals surface area contributed by atoms with Crippen LogP contribution in [0, 0.1) is 6.92 Å². The first-order valence-corrected chi connectivity index (χ1v) is 6.68. The van der Waals surface area contributed by atoms with E-state index in [9.17, 15) is 4.79 Å². The minimum Gasteiger partial charge on any atom is -0.395 e. The number of aromatic nitrogens is 2. The van der Waals surface area contributed by atoms with Gasteiger partial charge in [0.15, 0.2) is 5.69 Å². The fraction of sp³-hybridized carbons (Fsp3) is 0.636. The molecule has 17 heavy (non-hydrogen) atoms. The molecule has 1 saturated heterocycles. The molecular formula is C11H18N4OS. The minimum absolute atomic E-state index is 0.0640. The van der Waals surface area contributed by atoms with Gasteiger partial charge in [-0.15, -0.1) is 0 Å². The van der Waals surface area contributed by atoms with Crippen molar-refractivity contribution in [3.05, 3.63) is 11.4 Å². The third-order valence-corrected chi connectivity index (χ3v) is 4.13. The summed E-state index contributed by atoms with van der Waals surface area (Å²) in [7, 11) is 0. The number of anilines is 1. The van der Waals surface area contributed by atoms with E-state index in [0.717, 1.165) is 18.8 Å². The molecule has 5 nitrogen and oxygen atoms in total. The number of nitrogens with one attached hydrogen (secondary N) is 1. The number of hydrogen-bond donors (Lipinski definition) is 2. The summed E-state index contributed by atoms with van der Waals surface area (Å²) in [4.78, 5) is 14.1. The van der Waals surface area contributed by atoms with Gasteiger partial charge in [-0.1, -0.05) is 13.8 Å². The maximum Gasteiger partial charge on any atom is 0.276 e. The van der Waals surface area contributed by atoms with E-state index in [1.54, 1.807) is 0 Å². The second kappa shape index (κ2) is 4.60. The van der Waals surface area contributed by atoms with E-state index in [1.807, 2.05) is 23.6 Å². The third kappa shape index (κ3) is 2.41. The van der Waals surface area contributed by atoms with Gasteiger partial charge in [-0.05, 0) is 6.92 Å². The summed E-state index contributed by atoms with van der Waals surface area (Å²) in [5.41, 5.74) is 7.41. The van der Waals surface area contributed by atoms with E-state index >= 15 is 0 Å². The van der Waals surface area contributed by atoms with Gasteiger partial charge >= 0.3 is 0 Å². The molecule has 2 atom stereocenters. The van der Waals surface area contributed by atoms with Crippen LogP contribution >= 0.6 is 11.8 Å². The quantitative estimate of drug-likeness (QED) is 0.791.